The van der Waals surface area contributed by atoms with Gasteiger partial charge in [0.25, 0.3) is 0 Å². The molecule has 1 aliphatic rings. The summed E-state index contributed by atoms with van der Waals surface area (Å²) < 4.78 is 0.271. The van der Waals surface area contributed by atoms with Crippen LogP contribution in [0.5, 0.6) is 0 Å². The van der Waals surface area contributed by atoms with Gasteiger partial charge < -0.3 is 0 Å². The molecule has 0 saturated carbocycles. The van der Waals surface area contributed by atoms with E-state index < -0.39 is 0 Å². The molecule has 0 saturated heterocycles. The van der Waals surface area contributed by atoms with Crippen LogP contribution in [0.15, 0.2) is 34.2 Å². The van der Waals surface area contributed by atoms with Crippen LogP contribution in [0.2, 0.25) is 0 Å². The van der Waals surface area contributed by atoms with Crippen molar-refractivity contribution in [2.45, 2.75) is 84.8 Å². The highest BCUT2D eigenvalue weighted by Gasteiger charge is 2.25. The van der Waals surface area contributed by atoms with Crippen LogP contribution < -0.4 is 0 Å². The average Bonchev–Trinajstić information content (AvgIpc) is 2.58. The molecule has 2 heteroatoms. The van der Waals surface area contributed by atoms with Crippen molar-refractivity contribution in [2.75, 3.05) is 0 Å². The Hall–Kier alpha value is -0.890. The number of fused-ring (bicyclic) bond motifs is 1. The van der Waals surface area contributed by atoms with Crippen LogP contribution >= 0.6 is 10.5 Å². The highest BCUT2D eigenvalue weighted by Crippen LogP contribution is 2.46. The van der Waals surface area contributed by atoms with E-state index in [-0.39, 0.29) is 15.2 Å². The average molecular weight is 324 g/mol. The zero-order valence-corrected chi connectivity index (χ0v) is 17.1. The Bertz CT molecular complexity index is 459. The maximum absolute atomic E-state index is 4.70. The number of para-hydroxylation sites is 1. The molecule has 0 aliphatic carbocycles. The number of hydrogen-bond acceptors (Lipinski definition) is 1. The fourth-order valence-electron chi connectivity index (χ4n) is 1.92. The van der Waals surface area contributed by atoms with Gasteiger partial charge in [-0.1, -0.05) is 73.4 Å². The summed E-state index contributed by atoms with van der Waals surface area (Å²) in [6.07, 6.45) is 2.25. The van der Waals surface area contributed by atoms with E-state index >= 15 is 0 Å². The van der Waals surface area contributed by atoms with Gasteiger partial charge >= 0.3 is 0 Å². The zero-order valence-electron chi connectivity index (χ0n) is 16.3. The van der Waals surface area contributed by atoms with Crippen molar-refractivity contribution in [3.63, 3.8) is 0 Å². The molecule has 2 rings (SSSR count). The monoisotopic (exact) mass is 323 g/mol. The molecule has 0 radical (unpaired) electrons. The highest BCUT2D eigenvalue weighted by atomic mass is 32.2. The molecule has 0 aromatic heterocycles. The molecule has 1 aromatic rings. The highest BCUT2D eigenvalue weighted by molar-refractivity contribution is 8.15. The summed E-state index contributed by atoms with van der Waals surface area (Å²) in [6.45, 7) is 18.8. The topological polar surface area (TPSA) is 12.4 Å². The van der Waals surface area contributed by atoms with Crippen molar-refractivity contribution < 1.29 is 0 Å². The summed E-state index contributed by atoms with van der Waals surface area (Å²) in [4.78, 5) is 6.01. The van der Waals surface area contributed by atoms with Gasteiger partial charge in [0.15, 0.2) is 0 Å². The standard InChI is InChI=1S/C14H19NS.3C2H6/c1-11-9-10-14(2,3)16(4)13-8-6-5-7-12(13)15-11;3*1-2/h5-8H,4,9-10H2,1-3H3;3*1-2H3. The van der Waals surface area contributed by atoms with Gasteiger partial charge in [0, 0.05) is 15.4 Å². The molecule has 22 heavy (non-hydrogen) atoms. The smallest absolute Gasteiger partial charge is 0.0759 e. The van der Waals surface area contributed by atoms with E-state index in [1.165, 1.54) is 17.0 Å². The first kappa shape index (κ1) is 23.4. The second-order valence-corrected chi connectivity index (χ2v) is 7.29. The second-order valence-electron chi connectivity index (χ2n) is 4.97. The van der Waals surface area contributed by atoms with Crippen molar-refractivity contribution in [1.29, 1.82) is 0 Å². The molecule has 1 heterocycles. The largest absolute Gasteiger partial charge is 0.257 e. The summed E-state index contributed by atoms with van der Waals surface area (Å²) in [6, 6.07) is 8.43. The molecule has 0 bridgehead atoms. The van der Waals surface area contributed by atoms with Crippen LogP contribution in [-0.4, -0.2) is 16.3 Å². The third kappa shape index (κ3) is 6.91. The van der Waals surface area contributed by atoms with E-state index in [0.29, 0.717) is 0 Å². The molecule has 1 aromatic carbocycles. The molecule has 0 N–H and O–H groups in total. The van der Waals surface area contributed by atoms with Gasteiger partial charge in [-0.3, -0.25) is 4.99 Å². The third-order valence-corrected chi connectivity index (χ3v) is 5.61. The van der Waals surface area contributed by atoms with Crippen LogP contribution in [0.3, 0.4) is 0 Å². The summed E-state index contributed by atoms with van der Waals surface area (Å²) >= 11 is 0. The summed E-state index contributed by atoms with van der Waals surface area (Å²) in [5.74, 6) is 4.38. The summed E-state index contributed by atoms with van der Waals surface area (Å²) in [5.41, 5.74) is 2.35. The maximum Gasteiger partial charge on any atom is 0.0759 e. The van der Waals surface area contributed by atoms with Crippen LogP contribution in [0, 0.1) is 0 Å². The fourth-order valence-corrected chi connectivity index (χ4v) is 3.47. The number of rotatable bonds is 0. The van der Waals surface area contributed by atoms with E-state index in [0.717, 1.165) is 12.1 Å². The summed E-state index contributed by atoms with van der Waals surface area (Å²) in [7, 11) is 0.0240. The van der Waals surface area contributed by atoms with E-state index in [4.69, 9.17) is 4.99 Å². The number of aliphatic imine (C=N–C) groups is 1. The maximum atomic E-state index is 4.70. The minimum atomic E-state index is 0.0240. The number of hydrogen-bond donors (Lipinski definition) is 0. The number of nitrogens with zero attached hydrogens (tertiary/aromatic N) is 1. The minimum absolute atomic E-state index is 0.0240. The van der Waals surface area contributed by atoms with E-state index in [9.17, 15) is 0 Å². The van der Waals surface area contributed by atoms with Crippen LogP contribution in [0.25, 0.3) is 0 Å². The minimum Gasteiger partial charge on any atom is -0.257 e. The van der Waals surface area contributed by atoms with Crippen molar-refractivity contribution in [3.8, 4) is 0 Å². The first-order valence-corrected chi connectivity index (χ1v) is 10.1. The lowest BCUT2D eigenvalue weighted by Crippen LogP contribution is -2.19. The van der Waals surface area contributed by atoms with E-state index in [2.05, 4.69) is 50.9 Å². The molecule has 1 nitrogen and oxygen atoms in total. The lowest BCUT2D eigenvalue weighted by molar-refractivity contribution is 0.655. The Kier molecular flexibility index (Phi) is 13.4. The molecule has 1 atom stereocenters. The van der Waals surface area contributed by atoms with Crippen LogP contribution in [-0.2, 0) is 0 Å². The second kappa shape index (κ2) is 12.6. The normalized spacial score (nSPS) is 18.2. The SMILES string of the molecule is C=S1c2ccccc2N=C(C)CCC1(C)C.CC.CC.CC. The van der Waals surface area contributed by atoms with Gasteiger partial charge in [-0.2, -0.15) is 10.5 Å². The molecule has 1 aliphatic heterocycles. The zero-order chi connectivity index (χ0) is 17.8. The van der Waals surface area contributed by atoms with Gasteiger partial charge in [0.05, 0.1) is 5.69 Å². The van der Waals surface area contributed by atoms with Crippen molar-refractivity contribution in [3.05, 3.63) is 24.3 Å². The van der Waals surface area contributed by atoms with E-state index in [1.807, 2.05) is 41.5 Å². The first-order valence-electron chi connectivity index (χ1n) is 8.68. The van der Waals surface area contributed by atoms with E-state index in [1.54, 1.807) is 0 Å². The van der Waals surface area contributed by atoms with Crippen molar-refractivity contribution >= 4 is 27.8 Å². The molecular weight excluding hydrogens is 286 g/mol. The van der Waals surface area contributed by atoms with Gasteiger partial charge in [-0.15, -0.1) is 0 Å². The molecule has 0 amide bonds. The van der Waals surface area contributed by atoms with Crippen molar-refractivity contribution in [2.24, 2.45) is 4.99 Å². The predicted molar refractivity (Wildman–Crippen MR) is 110 cm³/mol. The Morgan fingerprint density at radius 1 is 1.00 bits per heavy atom. The molecule has 128 valence electrons. The quantitative estimate of drug-likeness (QED) is 0.438. The Labute approximate surface area is 142 Å². The lowest BCUT2D eigenvalue weighted by atomic mass is 10.0. The van der Waals surface area contributed by atoms with Gasteiger partial charge in [0.1, 0.15) is 0 Å². The predicted octanol–water partition coefficient (Wildman–Crippen LogP) is 7.49. The van der Waals surface area contributed by atoms with Crippen LogP contribution in [0.1, 0.15) is 75.2 Å². The van der Waals surface area contributed by atoms with Gasteiger partial charge in [-0.05, 0) is 31.9 Å². The third-order valence-electron chi connectivity index (χ3n) is 3.20. The molecular formula is C20H37NS. The van der Waals surface area contributed by atoms with Gasteiger partial charge in [0.2, 0.25) is 0 Å². The van der Waals surface area contributed by atoms with Gasteiger partial charge in [-0.25, -0.2) is 0 Å². The Morgan fingerprint density at radius 3 is 2.05 bits per heavy atom. The lowest BCUT2D eigenvalue weighted by Gasteiger charge is -2.31. The molecule has 0 fully saturated rings. The molecule has 1 unspecified atom stereocenters. The Morgan fingerprint density at radius 2 is 1.50 bits per heavy atom. The van der Waals surface area contributed by atoms with Crippen molar-refractivity contribution in [1.82, 2.24) is 0 Å². The number of benzene rings is 1. The summed E-state index contributed by atoms with van der Waals surface area (Å²) in [5, 5.41) is 0. The Balaban J connectivity index is 0. The molecule has 0 spiro atoms. The first-order chi connectivity index (χ1) is 10.5. The van der Waals surface area contributed by atoms with Crippen LogP contribution in [0.4, 0.5) is 5.69 Å². The fraction of sp³-hybridized carbons (Fsp3) is 0.600.